The van der Waals surface area contributed by atoms with Crippen LogP contribution in [0.5, 0.6) is 0 Å². The van der Waals surface area contributed by atoms with Gasteiger partial charge < -0.3 is 4.98 Å². The van der Waals surface area contributed by atoms with Gasteiger partial charge in [-0.3, -0.25) is 0 Å². The van der Waals surface area contributed by atoms with Crippen LogP contribution in [0.1, 0.15) is 0 Å². The van der Waals surface area contributed by atoms with E-state index in [0.29, 0.717) is 0 Å². The third-order valence-corrected chi connectivity index (χ3v) is 1.32. The lowest BCUT2D eigenvalue weighted by molar-refractivity contribution is 1.33. The molecule has 0 aliphatic heterocycles. The average Bonchev–Trinajstić information content (AvgIpc) is 2.55. The monoisotopic (exact) mass is 149 g/mol. The van der Waals surface area contributed by atoms with Gasteiger partial charge in [0, 0.05) is 17.8 Å². The summed E-state index contributed by atoms with van der Waals surface area (Å²) in [5, 5.41) is 1.16. The van der Waals surface area contributed by atoms with Gasteiger partial charge in [0.1, 0.15) is 5.65 Å². The molecule has 0 saturated heterocycles. The Kier molecular flexibility index (Phi) is 2.32. The molecule has 2 aromatic heterocycles. The number of fused-ring (bicyclic) bond motifs is 1. The second-order valence-electron chi connectivity index (χ2n) is 1.92. The van der Waals surface area contributed by atoms with E-state index in [1.54, 1.807) is 6.20 Å². The number of nitroso groups, excluding NO2 is 1. The van der Waals surface area contributed by atoms with Gasteiger partial charge in [0.15, 0.2) is 0 Å². The first-order chi connectivity index (χ1) is 5.47. The van der Waals surface area contributed by atoms with Gasteiger partial charge in [-0.15, -0.1) is 0 Å². The molecule has 0 aromatic carbocycles. The highest BCUT2D eigenvalue weighted by molar-refractivity contribution is 5.74. The molecule has 0 bridgehead atoms. The van der Waals surface area contributed by atoms with Crippen molar-refractivity contribution in [3.63, 3.8) is 0 Å². The van der Waals surface area contributed by atoms with Crippen LogP contribution in [0.4, 0.5) is 0 Å². The predicted octanol–water partition coefficient (Wildman–Crippen LogP) is 1.89. The molecule has 0 spiro atoms. The summed E-state index contributed by atoms with van der Waals surface area (Å²) in [6.45, 7) is 0. The van der Waals surface area contributed by atoms with Crippen molar-refractivity contribution in [1.82, 2.24) is 9.97 Å². The number of hydrogen-bond donors (Lipinski definition) is 2. The molecular formula is C7H7N3O. The minimum absolute atomic E-state index is 0.956. The number of pyridine rings is 1. The molecule has 4 heteroatoms. The Morgan fingerprint density at radius 3 is 2.91 bits per heavy atom. The van der Waals surface area contributed by atoms with Crippen LogP contribution in [0.3, 0.4) is 0 Å². The van der Waals surface area contributed by atoms with E-state index in [0.717, 1.165) is 11.0 Å². The molecule has 11 heavy (non-hydrogen) atoms. The molecule has 0 saturated carbocycles. The third kappa shape index (κ3) is 1.40. The SMILES string of the molecule is N=O.c1cnc2[nH]ccc2c1. The highest BCUT2D eigenvalue weighted by atomic mass is 16.2. The molecule has 2 rings (SSSR count). The topological polar surface area (TPSA) is 69.6 Å². The average molecular weight is 149 g/mol. The number of nitrogens with one attached hydrogen (secondary N) is 2. The Bertz CT molecular complexity index is 301. The number of hydrogen-bond acceptors (Lipinski definition) is 3. The van der Waals surface area contributed by atoms with E-state index in [1.807, 2.05) is 24.4 Å². The van der Waals surface area contributed by atoms with E-state index >= 15 is 0 Å². The van der Waals surface area contributed by atoms with Crippen LogP contribution >= 0.6 is 0 Å². The van der Waals surface area contributed by atoms with Gasteiger partial charge >= 0.3 is 0 Å². The van der Waals surface area contributed by atoms with Crippen molar-refractivity contribution in [1.29, 1.82) is 5.59 Å². The predicted molar refractivity (Wildman–Crippen MR) is 42.2 cm³/mol. The summed E-state index contributed by atoms with van der Waals surface area (Å²) in [6, 6.07) is 5.96. The summed E-state index contributed by atoms with van der Waals surface area (Å²) < 4.78 is 0. The maximum atomic E-state index is 7.50. The fourth-order valence-electron chi connectivity index (χ4n) is 0.883. The lowest BCUT2D eigenvalue weighted by Gasteiger charge is -1.82. The zero-order valence-electron chi connectivity index (χ0n) is 5.74. The standard InChI is InChI=1S/C7H6N2.HNO/c1-2-6-3-5-9-7(6)8-4-1;1-2/h1-5H,(H,8,9);1H. The molecule has 2 N–H and O–H groups in total. The van der Waals surface area contributed by atoms with Crippen LogP contribution in [-0.2, 0) is 0 Å². The molecule has 4 nitrogen and oxygen atoms in total. The van der Waals surface area contributed by atoms with Gasteiger partial charge in [-0.25, -0.2) is 4.98 Å². The minimum atomic E-state index is 0.956. The molecular weight excluding hydrogens is 142 g/mol. The zero-order chi connectivity index (χ0) is 8.10. The number of H-pyrrole nitrogens is 1. The Balaban J connectivity index is 0.000000281. The van der Waals surface area contributed by atoms with Gasteiger partial charge in [0.25, 0.3) is 0 Å². The van der Waals surface area contributed by atoms with Crippen LogP contribution < -0.4 is 0 Å². The second kappa shape index (κ2) is 3.46. The van der Waals surface area contributed by atoms with Gasteiger partial charge in [-0.2, -0.15) is 4.91 Å². The molecule has 0 fully saturated rings. The Morgan fingerprint density at radius 2 is 2.18 bits per heavy atom. The van der Waals surface area contributed by atoms with E-state index in [1.165, 1.54) is 0 Å². The van der Waals surface area contributed by atoms with E-state index < -0.39 is 0 Å². The van der Waals surface area contributed by atoms with Crippen molar-refractivity contribution in [2.24, 2.45) is 0 Å². The van der Waals surface area contributed by atoms with E-state index in [-0.39, 0.29) is 0 Å². The number of aromatic amines is 1. The first-order valence-electron chi connectivity index (χ1n) is 3.05. The number of nitrogens with zero attached hydrogens (tertiary/aromatic N) is 1. The minimum Gasteiger partial charge on any atom is -0.346 e. The quantitative estimate of drug-likeness (QED) is 0.561. The highest BCUT2D eigenvalue weighted by Crippen LogP contribution is 2.05. The molecule has 0 amide bonds. The molecule has 0 aliphatic carbocycles. The van der Waals surface area contributed by atoms with Gasteiger partial charge in [-0.05, 0) is 18.2 Å². The van der Waals surface area contributed by atoms with Crippen molar-refractivity contribution in [3.8, 4) is 0 Å². The molecule has 56 valence electrons. The molecule has 2 aromatic rings. The summed E-state index contributed by atoms with van der Waals surface area (Å²) in [4.78, 5) is 14.6. The van der Waals surface area contributed by atoms with Crippen LogP contribution in [0.15, 0.2) is 30.6 Å². The Hall–Kier alpha value is -1.71. The maximum Gasteiger partial charge on any atom is 0.137 e. The van der Waals surface area contributed by atoms with Crippen LogP contribution in [-0.4, -0.2) is 9.97 Å². The lowest BCUT2D eigenvalue weighted by atomic mass is 10.3. The van der Waals surface area contributed by atoms with E-state index in [9.17, 15) is 0 Å². The smallest absolute Gasteiger partial charge is 0.137 e. The van der Waals surface area contributed by atoms with Crippen molar-refractivity contribution >= 4 is 11.0 Å². The van der Waals surface area contributed by atoms with Crippen LogP contribution in [0.2, 0.25) is 0 Å². The maximum absolute atomic E-state index is 7.50. The van der Waals surface area contributed by atoms with Crippen molar-refractivity contribution in [2.75, 3.05) is 0 Å². The van der Waals surface area contributed by atoms with Crippen LogP contribution in [0, 0.1) is 10.5 Å². The first-order valence-corrected chi connectivity index (χ1v) is 3.05. The van der Waals surface area contributed by atoms with Gasteiger partial charge in [0.2, 0.25) is 0 Å². The van der Waals surface area contributed by atoms with Gasteiger partial charge in [-0.1, -0.05) is 5.59 Å². The summed E-state index contributed by atoms with van der Waals surface area (Å²) in [6.07, 6.45) is 3.66. The second-order valence-corrected chi connectivity index (χ2v) is 1.92. The van der Waals surface area contributed by atoms with E-state index in [4.69, 9.17) is 4.91 Å². The van der Waals surface area contributed by atoms with Crippen molar-refractivity contribution in [3.05, 3.63) is 35.5 Å². The zero-order valence-corrected chi connectivity index (χ0v) is 5.74. The third-order valence-electron chi connectivity index (χ3n) is 1.32. The summed E-state index contributed by atoms with van der Waals surface area (Å²) in [5.41, 5.74) is 5.46. The summed E-state index contributed by atoms with van der Waals surface area (Å²) >= 11 is 0. The van der Waals surface area contributed by atoms with Crippen LogP contribution in [0.25, 0.3) is 11.0 Å². The Morgan fingerprint density at radius 1 is 1.36 bits per heavy atom. The van der Waals surface area contributed by atoms with Gasteiger partial charge in [0.05, 0.1) is 0 Å². The fraction of sp³-hybridized carbons (Fsp3) is 0. The highest BCUT2D eigenvalue weighted by Gasteiger charge is 1.88. The van der Waals surface area contributed by atoms with E-state index in [2.05, 4.69) is 15.6 Å². The van der Waals surface area contributed by atoms with Crippen molar-refractivity contribution in [2.45, 2.75) is 0 Å². The largest absolute Gasteiger partial charge is 0.346 e. The lowest BCUT2D eigenvalue weighted by Crippen LogP contribution is -1.70. The molecule has 0 unspecified atom stereocenters. The normalized spacial score (nSPS) is 8.73. The first kappa shape index (κ1) is 7.40. The number of rotatable bonds is 0. The fourth-order valence-corrected chi connectivity index (χ4v) is 0.883. The molecule has 0 atom stereocenters. The molecule has 0 radical (unpaired) electrons. The number of aromatic nitrogens is 2. The molecule has 0 aliphatic rings. The molecule has 2 heterocycles. The Labute approximate surface area is 63.0 Å². The van der Waals surface area contributed by atoms with Crippen molar-refractivity contribution < 1.29 is 0 Å². The summed E-state index contributed by atoms with van der Waals surface area (Å²) in [7, 11) is 0. The summed E-state index contributed by atoms with van der Waals surface area (Å²) in [5.74, 6) is 0.